The van der Waals surface area contributed by atoms with Crippen LogP contribution in [-0.4, -0.2) is 44.8 Å². The summed E-state index contributed by atoms with van der Waals surface area (Å²) in [6, 6.07) is 7.53. The van der Waals surface area contributed by atoms with E-state index in [2.05, 4.69) is 4.90 Å². The van der Waals surface area contributed by atoms with E-state index in [0.29, 0.717) is 18.5 Å². The van der Waals surface area contributed by atoms with Gasteiger partial charge in [0.1, 0.15) is 15.7 Å². The molecule has 1 aromatic rings. The summed E-state index contributed by atoms with van der Waals surface area (Å²) < 4.78 is 22.1. The number of rotatable bonds is 7. The smallest absolute Gasteiger partial charge is 0.147 e. The molecule has 1 rings (SSSR count). The van der Waals surface area contributed by atoms with Crippen LogP contribution in [0.5, 0.6) is 0 Å². The van der Waals surface area contributed by atoms with Crippen LogP contribution < -0.4 is 5.73 Å². The SMILES string of the molecule is CN(CCCS(C)(=O)=O)Cc1cccc(C(=N)N)c1. The monoisotopic (exact) mass is 283 g/mol. The molecule has 0 spiro atoms. The predicted molar refractivity (Wildman–Crippen MR) is 78.1 cm³/mol. The van der Waals surface area contributed by atoms with Crippen molar-refractivity contribution < 1.29 is 8.42 Å². The Hall–Kier alpha value is -1.40. The zero-order chi connectivity index (χ0) is 14.5. The Bertz CT molecular complexity index is 541. The molecule has 0 saturated heterocycles. The second-order valence-corrected chi connectivity index (χ2v) is 7.10. The Kier molecular flexibility index (Phi) is 5.50. The zero-order valence-electron chi connectivity index (χ0n) is 11.4. The Morgan fingerprint density at radius 1 is 1.42 bits per heavy atom. The summed E-state index contributed by atoms with van der Waals surface area (Å²) in [5, 5.41) is 7.39. The molecule has 0 amide bonds. The molecule has 106 valence electrons. The van der Waals surface area contributed by atoms with E-state index in [9.17, 15) is 8.42 Å². The van der Waals surface area contributed by atoms with E-state index < -0.39 is 9.84 Å². The lowest BCUT2D eigenvalue weighted by Crippen LogP contribution is -2.21. The molecule has 0 saturated carbocycles. The van der Waals surface area contributed by atoms with E-state index in [0.717, 1.165) is 12.1 Å². The Morgan fingerprint density at radius 3 is 2.68 bits per heavy atom. The standard InChI is InChI=1S/C13H21N3O2S/c1-16(7-4-8-19(2,17)18)10-11-5-3-6-12(9-11)13(14)15/h3,5-6,9H,4,7-8,10H2,1-2H3,(H3,14,15). The highest BCUT2D eigenvalue weighted by molar-refractivity contribution is 7.90. The Morgan fingerprint density at radius 2 is 2.11 bits per heavy atom. The minimum absolute atomic E-state index is 0.0570. The van der Waals surface area contributed by atoms with Crippen molar-refractivity contribution in [1.82, 2.24) is 4.90 Å². The summed E-state index contributed by atoms with van der Waals surface area (Å²) >= 11 is 0. The zero-order valence-corrected chi connectivity index (χ0v) is 12.2. The largest absolute Gasteiger partial charge is 0.384 e. The van der Waals surface area contributed by atoms with Crippen molar-refractivity contribution in [2.75, 3.05) is 25.6 Å². The highest BCUT2D eigenvalue weighted by Gasteiger charge is 2.05. The average molecular weight is 283 g/mol. The number of nitrogens with one attached hydrogen (secondary N) is 1. The Balaban J connectivity index is 2.50. The summed E-state index contributed by atoms with van der Waals surface area (Å²) in [5.41, 5.74) is 7.22. The number of nitrogen functional groups attached to an aromatic ring is 1. The molecule has 0 aliphatic heterocycles. The number of amidine groups is 1. The second-order valence-electron chi connectivity index (χ2n) is 4.84. The van der Waals surface area contributed by atoms with Gasteiger partial charge in [-0.25, -0.2) is 8.42 Å². The predicted octanol–water partition coefficient (Wildman–Crippen LogP) is 0.837. The molecule has 0 atom stereocenters. The van der Waals surface area contributed by atoms with Gasteiger partial charge in [0.05, 0.1) is 5.75 Å². The average Bonchev–Trinajstić information content (AvgIpc) is 2.27. The minimum atomic E-state index is -2.88. The van der Waals surface area contributed by atoms with Crippen molar-refractivity contribution in [2.24, 2.45) is 5.73 Å². The van der Waals surface area contributed by atoms with Gasteiger partial charge in [-0.2, -0.15) is 0 Å². The quantitative estimate of drug-likeness (QED) is 0.573. The van der Waals surface area contributed by atoms with Crippen molar-refractivity contribution in [3.63, 3.8) is 0 Å². The molecule has 0 bridgehead atoms. The van der Waals surface area contributed by atoms with Gasteiger partial charge < -0.3 is 10.6 Å². The lowest BCUT2D eigenvalue weighted by atomic mass is 10.1. The number of nitrogens with two attached hydrogens (primary N) is 1. The molecule has 0 aliphatic rings. The minimum Gasteiger partial charge on any atom is -0.384 e. The molecule has 3 N–H and O–H groups in total. The molecular weight excluding hydrogens is 262 g/mol. The molecule has 1 aromatic carbocycles. The second kappa shape index (κ2) is 6.68. The van der Waals surface area contributed by atoms with Gasteiger partial charge in [0.2, 0.25) is 0 Å². The number of nitrogens with zero attached hydrogens (tertiary/aromatic N) is 1. The third-order valence-electron chi connectivity index (χ3n) is 2.75. The van der Waals surface area contributed by atoms with Crippen LogP contribution in [0, 0.1) is 5.41 Å². The maximum absolute atomic E-state index is 11.0. The van der Waals surface area contributed by atoms with Crippen LogP contribution >= 0.6 is 0 Å². The van der Waals surface area contributed by atoms with Crippen molar-refractivity contribution in [1.29, 1.82) is 5.41 Å². The topological polar surface area (TPSA) is 87.2 Å². The van der Waals surface area contributed by atoms with Crippen LogP contribution in [0.3, 0.4) is 0 Å². The van der Waals surface area contributed by atoms with E-state index in [1.165, 1.54) is 6.26 Å². The van der Waals surface area contributed by atoms with Crippen LogP contribution in [0.2, 0.25) is 0 Å². The summed E-state index contributed by atoms with van der Waals surface area (Å²) in [4.78, 5) is 2.06. The number of benzene rings is 1. The molecule has 19 heavy (non-hydrogen) atoms. The highest BCUT2D eigenvalue weighted by Crippen LogP contribution is 2.07. The molecule has 0 aromatic heterocycles. The van der Waals surface area contributed by atoms with Crippen LogP contribution in [0.1, 0.15) is 17.5 Å². The van der Waals surface area contributed by atoms with Gasteiger partial charge >= 0.3 is 0 Å². The van der Waals surface area contributed by atoms with Crippen LogP contribution in [0.25, 0.3) is 0 Å². The molecule has 0 fully saturated rings. The molecule has 6 heteroatoms. The first-order valence-electron chi connectivity index (χ1n) is 6.07. The lowest BCUT2D eigenvalue weighted by molar-refractivity contribution is 0.328. The third-order valence-corrected chi connectivity index (χ3v) is 3.78. The van der Waals surface area contributed by atoms with Crippen molar-refractivity contribution in [2.45, 2.75) is 13.0 Å². The summed E-state index contributed by atoms with van der Waals surface area (Å²) in [6.45, 7) is 1.43. The maximum Gasteiger partial charge on any atom is 0.147 e. The first-order chi connectivity index (χ1) is 8.78. The molecule has 5 nitrogen and oxygen atoms in total. The van der Waals surface area contributed by atoms with Gasteiger partial charge in [0.15, 0.2) is 0 Å². The number of sulfone groups is 1. The van der Waals surface area contributed by atoms with Crippen LogP contribution in [0.4, 0.5) is 0 Å². The van der Waals surface area contributed by atoms with E-state index >= 15 is 0 Å². The lowest BCUT2D eigenvalue weighted by Gasteiger charge is -2.16. The van der Waals surface area contributed by atoms with Gasteiger partial charge in [0, 0.05) is 18.4 Å². The van der Waals surface area contributed by atoms with Gasteiger partial charge in [-0.1, -0.05) is 18.2 Å². The van der Waals surface area contributed by atoms with Gasteiger partial charge in [-0.05, 0) is 31.6 Å². The van der Waals surface area contributed by atoms with E-state index in [4.69, 9.17) is 11.1 Å². The molecule has 0 unspecified atom stereocenters. The first kappa shape index (κ1) is 15.7. The normalized spacial score (nSPS) is 11.7. The van der Waals surface area contributed by atoms with Gasteiger partial charge in [-0.3, -0.25) is 5.41 Å². The van der Waals surface area contributed by atoms with E-state index in [1.807, 2.05) is 25.2 Å². The van der Waals surface area contributed by atoms with Crippen LogP contribution in [0.15, 0.2) is 24.3 Å². The van der Waals surface area contributed by atoms with Crippen LogP contribution in [-0.2, 0) is 16.4 Å². The molecular formula is C13H21N3O2S. The number of hydrogen-bond acceptors (Lipinski definition) is 4. The maximum atomic E-state index is 11.0. The van der Waals surface area contributed by atoms with E-state index in [1.54, 1.807) is 6.07 Å². The summed E-state index contributed by atoms with van der Waals surface area (Å²) in [6.07, 6.45) is 1.88. The summed E-state index contributed by atoms with van der Waals surface area (Å²) in [7, 11) is -0.935. The molecule has 0 aliphatic carbocycles. The van der Waals surface area contributed by atoms with Gasteiger partial charge in [0.25, 0.3) is 0 Å². The number of hydrogen-bond donors (Lipinski definition) is 2. The summed E-state index contributed by atoms with van der Waals surface area (Å²) in [5.74, 6) is 0.270. The fourth-order valence-electron chi connectivity index (χ4n) is 1.82. The third kappa shape index (κ3) is 6.35. The first-order valence-corrected chi connectivity index (χ1v) is 8.13. The van der Waals surface area contributed by atoms with Crippen molar-refractivity contribution >= 4 is 15.7 Å². The van der Waals surface area contributed by atoms with Crippen molar-refractivity contribution in [3.8, 4) is 0 Å². The van der Waals surface area contributed by atoms with E-state index in [-0.39, 0.29) is 11.6 Å². The highest BCUT2D eigenvalue weighted by atomic mass is 32.2. The fraction of sp³-hybridized carbons (Fsp3) is 0.462. The van der Waals surface area contributed by atoms with Crippen molar-refractivity contribution in [3.05, 3.63) is 35.4 Å². The molecule has 0 heterocycles. The van der Waals surface area contributed by atoms with Gasteiger partial charge in [-0.15, -0.1) is 0 Å². The Labute approximate surface area is 114 Å². The fourth-order valence-corrected chi connectivity index (χ4v) is 2.48. The molecule has 0 radical (unpaired) electrons.